The Balaban J connectivity index is 0. The van der Waals surface area contributed by atoms with Crippen LogP contribution in [0.3, 0.4) is 0 Å². The number of nitrogens with one attached hydrogen (secondary N) is 2. The van der Waals surface area contributed by atoms with Gasteiger partial charge in [-0.3, -0.25) is 10.2 Å². The third-order valence-electron chi connectivity index (χ3n) is 0.561. The fourth-order valence-electron chi connectivity index (χ4n) is 0.202. The molecule has 12 heavy (non-hydrogen) atoms. The zero-order valence-electron chi connectivity index (χ0n) is 5.79. The summed E-state index contributed by atoms with van der Waals surface area (Å²) in [4.78, 5) is 34.2. The lowest BCUT2D eigenvalue weighted by Crippen LogP contribution is -2.41. The second-order valence-electron chi connectivity index (χ2n) is 1.33. The van der Waals surface area contributed by atoms with E-state index in [9.17, 15) is 14.4 Å². The van der Waals surface area contributed by atoms with Crippen molar-refractivity contribution in [2.45, 2.75) is 0 Å². The summed E-state index contributed by atoms with van der Waals surface area (Å²) in [6.45, 7) is 0. The van der Waals surface area contributed by atoms with Crippen LogP contribution in [-0.4, -0.2) is 23.4 Å². The summed E-state index contributed by atoms with van der Waals surface area (Å²) in [6, 6.07) is -1.09. The quantitative estimate of drug-likeness (QED) is 0.130. The second-order valence-corrected chi connectivity index (χ2v) is 1.33. The number of amides is 3. The van der Waals surface area contributed by atoms with Gasteiger partial charge in [-0.1, -0.05) is 0 Å². The van der Waals surface area contributed by atoms with Gasteiger partial charge in [0, 0.05) is 0 Å². The molecule has 0 aliphatic rings. The van der Waals surface area contributed by atoms with Crippen LogP contribution in [-0.2, 0) is 14.4 Å². The zero-order valence-corrected chi connectivity index (χ0v) is 5.79. The Hall–Kier alpha value is -1.87. The average molecular weight is 180 g/mol. The Labute approximate surface area is 66.3 Å². The monoisotopic (exact) mass is 180 g/mol. The highest BCUT2D eigenvalue weighted by Crippen LogP contribution is 1.70. The van der Waals surface area contributed by atoms with E-state index in [-0.39, 0.29) is 5.48 Å². The lowest BCUT2D eigenvalue weighted by molar-refractivity contribution is -0.158. The fraction of sp³-hybridized carbons (Fsp3) is 0. The van der Waals surface area contributed by atoms with E-state index in [1.807, 2.05) is 0 Å². The molecule has 0 spiro atoms. The maximum atomic E-state index is 10.3. The summed E-state index contributed by atoms with van der Waals surface area (Å²) in [5.41, 5.74) is 7.41. The molecule has 0 aliphatic carbocycles. The molecule has 9 heteroatoms. The number of carbonyl (C=O) groups is 3. The van der Waals surface area contributed by atoms with Gasteiger partial charge in [0.1, 0.15) is 0 Å². The summed E-state index contributed by atoms with van der Waals surface area (Å²) >= 11 is 0. The lowest BCUT2D eigenvalue weighted by atomic mass is 10.7. The van der Waals surface area contributed by atoms with E-state index in [0.717, 1.165) is 0 Å². The molecule has 0 aromatic carbocycles. The average Bonchev–Trinajstić information content (AvgIpc) is 1.98. The number of rotatable bonds is 0. The Morgan fingerprint density at radius 2 is 1.75 bits per heavy atom. The highest BCUT2D eigenvalue weighted by molar-refractivity contribution is 6.32. The van der Waals surface area contributed by atoms with Crippen molar-refractivity contribution in [3.8, 4) is 0 Å². The molecule has 0 aromatic rings. The molecule has 9 nitrogen and oxygen atoms in total. The van der Waals surface area contributed by atoms with E-state index < -0.39 is 17.9 Å². The first-order valence-electron chi connectivity index (χ1n) is 2.35. The van der Waals surface area contributed by atoms with Crippen molar-refractivity contribution in [1.29, 1.82) is 0 Å². The van der Waals surface area contributed by atoms with Gasteiger partial charge in [-0.25, -0.2) is 15.4 Å². The van der Waals surface area contributed by atoms with E-state index in [4.69, 9.17) is 0 Å². The minimum absolute atomic E-state index is 0. The molecular weight excluding hydrogens is 172 g/mol. The van der Waals surface area contributed by atoms with E-state index in [2.05, 4.69) is 16.4 Å². The number of nitrogens with two attached hydrogens (primary N) is 2. The molecule has 0 heterocycles. The van der Waals surface area contributed by atoms with Crippen molar-refractivity contribution >= 4 is 17.9 Å². The largest absolute Gasteiger partial charge is 0.422 e. The van der Waals surface area contributed by atoms with Crippen LogP contribution >= 0.6 is 0 Å². The minimum atomic E-state index is -1.36. The summed E-state index contributed by atoms with van der Waals surface area (Å²) in [7, 11) is 0. The van der Waals surface area contributed by atoms with E-state index >= 15 is 0 Å². The van der Waals surface area contributed by atoms with Crippen molar-refractivity contribution in [2.24, 2.45) is 11.6 Å². The number of hydroxylamine groups is 1. The molecule has 70 valence electrons. The van der Waals surface area contributed by atoms with Gasteiger partial charge in [0.2, 0.25) is 0 Å². The van der Waals surface area contributed by atoms with Gasteiger partial charge < -0.3 is 16.0 Å². The summed E-state index contributed by atoms with van der Waals surface area (Å²) in [5, 5.41) is 0. The number of carbonyl (C=O) groups excluding carboxylic acids is 3. The summed E-state index contributed by atoms with van der Waals surface area (Å²) in [6.07, 6.45) is 0. The van der Waals surface area contributed by atoms with Crippen molar-refractivity contribution < 1.29 is 24.7 Å². The Bertz CT molecular complexity index is 191. The maximum Gasteiger partial charge on any atom is 0.422 e. The van der Waals surface area contributed by atoms with Crippen LogP contribution in [0.1, 0.15) is 0 Å². The predicted octanol–water partition coefficient (Wildman–Crippen LogP) is -3.72. The van der Waals surface area contributed by atoms with Crippen molar-refractivity contribution in [3.63, 3.8) is 0 Å². The molecule has 0 atom stereocenters. The van der Waals surface area contributed by atoms with Gasteiger partial charge >= 0.3 is 17.9 Å². The maximum absolute atomic E-state index is 10.3. The van der Waals surface area contributed by atoms with E-state index in [1.165, 1.54) is 10.9 Å². The molecule has 0 saturated heterocycles. The first kappa shape index (κ1) is 12.8. The Morgan fingerprint density at radius 1 is 1.25 bits per heavy atom. The van der Waals surface area contributed by atoms with Crippen molar-refractivity contribution in [2.75, 3.05) is 0 Å². The number of hydrogen-bond acceptors (Lipinski definition) is 5. The first-order chi connectivity index (χ1) is 5.07. The van der Waals surface area contributed by atoms with Gasteiger partial charge in [0.05, 0.1) is 0 Å². The fourth-order valence-corrected chi connectivity index (χ4v) is 0.202. The normalized spacial score (nSPS) is 7.42. The van der Waals surface area contributed by atoms with Crippen LogP contribution in [0.15, 0.2) is 0 Å². The third-order valence-corrected chi connectivity index (χ3v) is 0.561. The molecular formula is C3H8N4O5. The van der Waals surface area contributed by atoms with Gasteiger partial charge in [0.15, 0.2) is 0 Å². The summed E-state index contributed by atoms with van der Waals surface area (Å²) < 4.78 is 0. The zero-order chi connectivity index (χ0) is 8.85. The van der Waals surface area contributed by atoms with Gasteiger partial charge in [0.25, 0.3) is 0 Å². The minimum Gasteiger partial charge on any atom is -0.412 e. The smallest absolute Gasteiger partial charge is 0.412 e. The number of urea groups is 1. The number of hydrazine groups is 1. The molecule has 0 bridgehead atoms. The summed E-state index contributed by atoms with van der Waals surface area (Å²) in [5.74, 6) is 1.98. The number of primary amides is 1. The SMILES string of the molecule is NNC(=O)C(=O)ONC(N)=O.O. The van der Waals surface area contributed by atoms with Crippen molar-refractivity contribution in [3.05, 3.63) is 0 Å². The molecule has 0 unspecified atom stereocenters. The Morgan fingerprint density at radius 3 is 2.08 bits per heavy atom. The van der Waals surface area contributed by atoms with Crippen LogP contribution in [0, 0.1) is 0 Å². The highest BCUT2D eigenvalue weighted by Gasteiger charge is 2.13. The lowest BCUT2D eigenvalue weighted by Gasteiger charge is -1.99. The molecule has 3 amide bonds. The number of hydrogen-bond donors (Lipinski definition) is 4. The van der Waals surface area contributed by atoms with E-state index in [0.29, 0.717) is 0 Å². The van der Waals surface area contributed by atoms with Gasteiger partial charge in [-0.05, 0) is 0 Å². The molecule has 8 N–H and O–H groups in total. The predicted molar refractivity (Wildman–Crippen MR) is 34.8 cm³/mol. The van der Waals surface area contributed by atoms with Crippen LogP contribution in [0.2, 0.25) is 0 Å². The van der Waals surface area contributed by atoms with Crippen LogP contribution in [0.5, 0.6) is 0 Å². The molecule has 0 aliphatic heterocycles. The molecule has 0 rings (SSSR count). The van der Waals surface area contributed by atoms with Crippen molar-refractivity contribution in [1.82, 2.24) is 10.9 Å². The van der Waals surface area contributed by atoms with Crippen LogP contribution < -0.4 is 22.5 Å². The Kier molecular flexibility index (Phi) is 6.26. The van der Waals surface area contributed by atoms with Crippen LogP contribution in [0.4, 0.5) is 4.79 Å². The standard InChI is InChI=1S/C3H6N4O4.H2O/c4-3(10)7-11-2(9)1(8)6-5;/h5H2,(H,6,8)(H3,4,7,10);1H2. The van der Waals surface area contributed by atoms with Crippen LogP contribution in [0.25, 0.3) is 0 Å². The molecule has 0 aromatic heterocycles. The molecule has 0 fully saturated rings. The second kappa shape index (κ2) is 5.88. The molecule has 0 radical (unpaired) electrons. The van der Waals surface area contributed by atoms with E-state index in [1.54, 1.807) is 0 Å². The first-order valence-corrected chi connectivity index (χ1v) is 2.35. The highest BCUT2D eigenvalue weighted by atomic mass is 16.7. The van der Waals surface area contributed by atoms with Gasteiger partial charge in [-0.15, -0.1) is 0 Å². The van der Waals surface area contributed by atoms with Gasteiger partial charge in [-0.2, -0.15) is 5.48 Å². The molecule has 0 saturated carbocycles. The third kappa shape index (κ3) is 4.96. The topological polar surface area (TPSA) is 168 Å².